The molecule has 1 aromatic heterocycles. The maximum atomic E-state index is 5.34. The van der Waals surface area contributed by atoms with Gasteiger partial charge < -0.3 is 4.74 Å². The van der Waals surface area contributed by atoms with Crippen LogP contribution in [0.2, 0.25) is 0 Å². The van der Waals surface area contributed by atoms with Crippen molar-refractivity contribution in [3.05, 3.63) is 35.3 Å². The van der Waals surface area contributed by atoms with Gasteiger partial charge in [0, 0.05) is 36.1 Å². The quantitative estimate of drug-likeness (QED) is 0.562. The minimum atomic E-state index is 0. The molecule has 2 aromatic carbocycles. The molecular weight excluding hydrogens is 410 g/mol. The summed E-state index contributed by atoms with van der Waals surface area (Å²) < 4.78 is 6.54. The number of methoxy groups -OCH3 is 1. The van der Waals surface area contributed by atoms with Gasteiger partial charge in [0.05, 0.1) is 12.1 Å². The molecule has 3 aromatic rings. The minimum absolute atomic E-state index is 0. The van der Waals surface area contributed by atoms with E-state index in [-0.39, 0.29) is 20.1 Å². The number of ether oxygens (including phenoxy) is 1. The summed E-state index contributed by atoms with van der Waals surface area (Å²) in [5.74, 6) is 0.876. The number of fused-ring (bicyclic) bond motifs is 3. The zero-order chi connectivity index (χ0) is 11.1. The van der Waals surface area contributed by atoms with Crippen molar-refractivity contribution in [2.45, 2.75) is 6.92 Å². The van der Waals surface area contributed by atoms with Crippen molar-refractivity contribution in [2.75, 3.05) is 7.11 Å². The molecule has 1 radical (unpaired) electrons. The molecule has 0 aliphatic carbocycles. The van der Waals surface area contributed by atoms with E-state index in [2.05, 4.69) is 23.2 Å². The Bertz CT molecular complexity index is 678. The SMILES string of the molecule is COc1cc[c-]c2c1ccc1sc(C)nc12.[Ir]. The van der Waals surface area contributed by atoms with Gasteiger partial charge in [-0.05, 0) is 6.92 Å². The first-order chi connectivity index (χ1) is 7.79. The van der Waals surface area contributed by atoms with Gasteiger partial charge in [0.2, 0.25) is 0 Å². The van der Waals surface area contributed by atoms with Crippen LogP contribution < -0.4 is 4.74 Å². The Balaban J connectivity index is 0.00000108. The summed E-state index contributed by atoms with van der Waals surface area (Å²) in [7, 11) is 1.69. The van der Waals surface area contributed by atoms with Crippen molar-refractivity contribution in [3.8, 4) is 5.75 Å². The molecule has 0 saturated heterocycles. The predicted octanol–water partition coefficient (Wildman–Crippen LogP) is 3.56. The molecule has 89 valence electrons. The largest absolute Gasteiger partial charge is 0.515 e. The Morgan fingerprint density at radius 2 is 2.12 bits per heavy atom. The minimum Gasteiger partial charge on any atom is -0.515 e. The van der Waals surface area contributed by atoms with Gasteiger partial charge >= 0.3 is 0 Å². The molecule has 0 unspecified atom stereocenters. The summed E-state index contributed by atoms with van der Waals surface area (Å²) in [5.41, 5.74) is 1.03. The maximum Gasteiger partial charge on any atom is 0.0787 e. The van der Waals surface area contributed by atoms with Crippen molar-refractivity contribution >= 4 is 32.3 Å². The molecule has 0 spiro atoms. The summed E-state index contributed by atoms with van der Waals surface area (Å²) in [5, 5.41) is 3.20. The van der Waals surface area contributed by atoms with Gasteiger partial charge in [-0.1, -0.05) is 17.5 Å². The van der Waals surface area contributed by atoms with Crippen molar-refractivity contribution in [3.63, 3.8) is 0 Å². The zero-order valence-corrected chi connectivity index (χ0v) is 12.6. The molecule has 0 aliphatic rings. The summed E-state index contributed by atoms with van der Waals surface area (Å²) >= 11 is 1.71. The van der Waals surface area contributed by atoms with E-state index in [4.69, 9.17) is 4.74 Å². The fourth-order valence-corrected chi connectivity index (χ4v) is 2.76. The van der Waals surface area contributed by atoms with Gasteiger partial charge in [-0.3, -0.25) is 4.98 Å². The van der Waals surface area contributed by atoms with E-state index < -0.39 is 0 Å². The second-order valence-electron chi connectivity index (χ2n) is 3.61. The van der Waals surface area contributed by atoms with Crippen molar-refractivity contribution in [1.82, 2.24) is 4.98 Å². The molecule has 0 saturated carbocycles. The van der Waals surface area contributed by atoms with Crippen LogP contribution >= 0.6 is 11.3 Å². The van der Waals surface area contributed by atoms with Crippen LogP contribution in [0.3, 0.4) is 0 Å². The number of hydrogen-bond donors (Lipinski definition) is 0. The number of aromatic nitrogens is 1. The first-order valence-electron chi connectivity index (χ1n) is 5.04. The summed E-state index contributed by atoms with van der Waals surface area (Å²) in [6, 6.07) is 11.2. The first-order valence-corrected chi connectivity index (χ1v) is 5.86. The second kappa shape index (κ2) is 4.73. The average molecular weight is 421 g/mol. The average Bonchev–Trinajstić information content (AvgIpc) is 2.69. The molecule has 0 N–H and O–H groups in total. The molecule has 0 amide bonds. The predicted molar refractivity (Wildman–Crippen MR) is 67.3 cm³/mol. The van der Waals surface area contributed by atoms with E-state index in [9.17, 15) is 0 Å². The van der Waals surface area contributed by atoms with E-state index in [1.165, 1.54) is 4.70 Å². The van der Waals surface area contributed by atoms with Gasteiger partial charge in [0.15, 0.2) is 0 Å². The van der Waals surface area contributed by atoms with Gasteiger partial charge in [-0.25, -0.2) is 0 Å². The van der Waals surface area contributed by atoms with E-state index in [0.29, 0.717) is 0 Å². The molecule has 4 heteroatoms. The third-order valence-corrected chi connectivity index (χ3v) is 3.55. The van der Waals surface area contributed by atoms with Crippen LogP contribution in [0.5, 0.6) is 5.75 Å². The van der Waals surface area contributed by atoms with Gasteiger partial charge in [-0.15, -0.1) is 34.9 Å². The Labute approximate surface area is 117 Å². The third-order valence-electron chi connectivity index (χ3n) is 2.62. The number of aryl methyl sites for hydroxylation is 1. The molecule has 1 heterocycles. The van der Waals surface area contributed by atoms with Crippen LogP contribution in [-0.4, -0.2) is 12.1 Å². The van der Waals surface area contributed by atoms with Crippen LogP contribution in [0.1, 0.15) is 5.01 Å². The van der Waals surface area contributed by atoms with Crippen molar-refractivity contribution in [2.24, 2.45) is 0 Å². The smallest absolute Gasteiger partial charge is 0.0787 e. The van der Waals surface area contributed by atoms with Crippen LogP contribution in [0.15, 0.2) is 24.3 Å². The molecular formula is C13H10IrNOS-. The fraction of sp³-hybridized carbons (Fsp3) is 0.154. The molecule has 0 atom stereocenters. The van der Waals surface area contributed by atoms with Crippen LogP contribution in [0.4, 0.5) is 0 Å². The van der Waals surface area contributed by atoms with Crippen LogP contribution in [0, 0.1) is 13.0 Å². The monoisotopic (exact) mass is 421 g/mol. The Hall–Kier alpha value is -0.961. The van der Waals surface area contributed by atoms with E-state index in [0.717, 1.165) is 27.0 Å². The summed E-state index contributed by atoms with van der Waals surface area (Å²) in [4.78, 5) is 4.55. The van der Waals surface area contributed by atoms with Crippen molar-refractivity contribution < 1.29 is 24.8 Å². The number of hydrogen-bond acceptors (Lipinski definition) is 3. The third kappa shape index (κ3) is 1.97. The summed E-state index contributed by atoms with van der Waals surface area (Å²) in [6.45, 7) is 2.02. The van der Waals surface area contributed by atoms with Crippen LogP contribution in [-0.2, 0) is 20.1 Å². The molecule has 17 heavy (non-hydrogen) atoms. The number of nitrogens with zero attached hydrogens (tertiary/aromatic N) is 1. The Morgan fingerprint density at radius 1 is 1.29 bits per heavy atom. The number of rotatable bonds is 1. The van der Waals surface area contributed by atoms with E-state index in [1.807, 2.05) is 19.1 Å². The Kier molecular flexibility index (Phi) is 3.48. The summed E-state index contributed by atoms with van der Waals surface area (Å²) in [6.07, 6.45) is 0. The first kappa shape index (κ1) is 12.5. The molecule has 0 bridgehead atoms. The molecule has 3 rings (SSSR count). The topological polar surface area (TPSA) is 22.1 Å². The van der Waals surface area contributed by atoms with Crippen molar-refractivity contribution in [1.29, 1.82) is 0 Å². The van der Waals surface area contributed by atoms with Gasteiger partial charge in [0.25, 0.3) is 0 Å². The zero-order valence-electron chi connectivity index (χ0n) is 9.41. The normalized spacial score (nSPS) is 10.5. The standard InChI is InChI=1S/C13H10NOS.Ir/c1-8-14-13-10-4-3-5-11(15-2)9(10)6-7-12(13)16-8;/h3,5-7H,1-2H3;/q-1;. The van der Waals surface area contributed by atoms with Gasteiger partial charge in [-0.2, -0.15) is 0 Å². The molecule has 0 aliphatic heterocycles. The molecule has 2 nitrogen and oxygen atoms in total. The van der Waals surface area contributed by atoms with E-state index >= 15 is 0 Å². The molecule has 0 fully saturated rings. The van der Waals surface area contributed by atoms with Crippen LogP contribution in [0.25, 0.3) is 21.0 Å². The fourth-order valence-electron chi connectivity index (χ4n) is 1.92. The van der Waals surface area contributed by atoms with Gasteiger partial charge in [0.1, 0.15) is 0 Å². The van der Waals surface area contributed by atoms with E-state index in [1.54, 1.807) is 18.4 Å². The second-order valence-corrected chi connectivity index (χ2v) is 4.85. The number of thiazole rings is 1. The maximum absolute atomic E-state index is 5.34. The number of benzene rings is 2. The Morgan fingerprint density at radius 3 is 2.88 bits per heavy atom.